The van der Waals surface area contributed by atoms with Gasteiger partial charge < -0.3 is 15.9 Å². The summed E-state index contributed by atoms with van der Waals surface area (Å²) in [5.41, 5.74) is 5.56. The van der Waals surface area contributed by atoms with Gasteiger partial charge in [-0.15, -0.1) is 11.3 Å². The van der Waals surface area contributed by atoms with Gasteiger partial charge >= 0.3 is 0 Å². The minimum Gasteiger partial charge on any atom is -0.390 e. The molecule has 2 aromatic rings. The van der Waals surface area contributed by atoms with E-state index in [1.165, 1.54) is 0 Å². The first kappa shape index (κ1) is 12.0. The molecule has 4 N–H and O–H groups in total. The molecule has 0 saturated carbocycles. The van der Waals surface area contributed by atoms with Gasteiger partial charge in [-0.1, -0.05) is 6.07 Å². The highest BCUT2D eigenvalue weighted by atomic mass is 32.1. The number of rotatable bonds is 4. The first-order valence-corrected chi connectivity index (χ1v) is 6.07. The Morgan fingerprint density at radius 2 is 2.12 bits per heavy atom. The first-order valence-electron chi connectivity index (χ1n) is 5.19. The zero-order valence-corrected chi connectivity index (χ0v) is 9.85. The molecule has 0 aliphatic carbocycles. The van der Waals surface area contributed by atoms with E-state index in [0.29, 0.717) is 5.56 Å². The van der Waals surface area contributed by atoms with E-state index in [-0.39, 0.29) is 6.42 Å². The van der Waals surface area contributed by atoms with Crippen molar-refractivity contribution < 1.29 is 15.0 Å². The topological polar surface area (TPSA) is 83.6 Å². The van der Waals surface area contributed by atoms with Gasteiger partial charge in [0, 0.05) is 4.70 Å². The minimum atomic E-state index is -1.16. The van der Waals surface area contributed by atoms with Crippen LogP contribution in [-0.4, -0.2) is 22.2 Å². The molecule has 0 spiro atoms. The molecule has 1 heterocycles. The van der Waals surface area contributed by atoms with Crippen LogP contribution in [0.3, 0.4) is 0 Å². The number of amides is 1. The third kappa shape index (κ3) is 2.63. The van der Waals surface area contributed by atoms with Crippen molar-refractivity contribution in [2.75, 3.05) is 0 Å². The summed E-state index contributed by atoms with van der Waals surface area (Å²) in [6, 6.07) is 7.38. The van der Waals surface area contributed by atoms with Gasteiger partial charge in [0.1, 0.15) is 6.10 Å². The van der Waals surface area contributed by atoms with E-state index in [1.807, 2.05) is 17.5 Å². The van der Waals surface area contributed by atoms with Crippen molar-refractivity contribution in [1.29, 1.82) is 0 Å². The van der Waals surface area contributed by atoms with E-state index >= 15 is 0 Å². The van der Waals surface area contributed by atoms with Crippen LogP contribution in [0.1, 0.15) is 18.1 Å². The molecule has 0 saturated heterocycles. The average Bonchev–Trinajstić information content (AvgIpc) is 2.73. The Morgan fingerprint density at radius 3 is 2.82 bits per heavy atom. The number of nitrogens with two attached hydrogens (primary N) is 1. The fourth-order valence-electron chi connectivity index (χ4n) is 1.71. The zero-order valence-electron chi connectivity index (χ0n) is 9.04. The first-order chi connectivity index (χ1) is 8.08. The van der Waals surface area contributed by atoms with Crippen LogP contribution >= 0.6 is 11.3 Å². The summed E-state index contributed by atoms with van der Waals surface area (Å²) in [5, 5.41) is 22.5. The number of carbonyl (C=O) groups excluding carboxylic acids is 1. The number of benzene rings is 1. The monoisotopic (exact) mass is 251 g/mol. The third-order valence-corrected chi connectivity index (χ3v) is 3.49. The quantitative estimate of drug-likeness (QED) is 0.762. The Hall–Kier alpha value is -1.43. The molecular weight excluding hydrogens is 238 g/mol. The number of fused-ring (bicyclic) bond motifs is 1. The standard InChI is InChI=1S/C12H13NO3S/c13-11(15)6-9(14)12(16)8-1-2-10-7(5-8)3-4-17-10/h1-5,9,12,14,16H,6H2,(H2,13,15). The summed E-state index contributed by atoms with van der Waals surface area (Å²) in [6.07, 6.45) is -2.50. The van der Waals surface area contributed by atoms with E-state index in [4.69, 9.17) is 5.73 Å². The van der Waals surface area contributed by atoms with Crippen LogP contribution in [0.5, 0.6) is 0 Å². The molecule has 2 unspecified atom stereocenters. The second-order valence-electron chi connectivity index (χ2n) is 3.90. The highest BCUT2D eigenvalue weighted by molar-refractivity contribution is 7.17. The lowest BCUT2D eigenvalue weighted by atomic mass is 10.0. The summed E-state index contributed by atoms with van der Waals surface area (Å²) in [7, 11) is 0. The van der Waals surface area contributed by atoms with Crippen molar-refractivity contribution in [1.82, 2.24) is 0 Å². The Morgan fingerprint density at radius 1 is 1.35 bits per heavy atom. The maximum atomic E-state index is 10.7. The second kappa shape index (κ2) is 4.83. The minimum absolute atomic E-state index is 0.247. The van der Waals surface area contributed by atoms with Crippen LogP contribution in [0.15, 0.2) is 29.6 Å². The maximum absolute atomic E-state index is 10.7. The average molecular weight is 251 g/mol. The van der Waals surface area contributed by atoms with Crippen molar-refractivity contribution in [3.05, 3.63) is 35.2 Å². The number of aliphatic hydroxyl groups is 2. The van der Waals surface area contributed by atoms with Crippen LogP contribution in [0.2, 0.25) is 0 Å². The summed E-state index contributed by atoms with van der Waals surface area (Å²) >= 11 is 1.61. The van der Waals surface area contributed by atoms with Crippen molar-refractivity contribution in [2.45, 2.75) is 18.6 Å². The molecule has 90 valence electrons. The summed E-state index contributed by atoms with van der Waals surface area (Å²) in [5.74, 6) is -0.631. The van der Waals surface area contributed by atoms with Gasteiger partial charge in [-0.05, 0) is 34.5 Å². The van der Waals surface area contributed by atoms with E-state index < -0.39 is 18.1 Å². The number of thiophene rings is 1. The Balaban J connectivity index is 2.23. The molecule has 0 fully saturated rings. The number of hydrogen-bond donors (Lipinski definition) is 3. The van der Waals surface area contributed by atoms with Gasteiger partial charge in [0.2, 0.25) is 5.91 Å². The lowest BCUT2D eigenvalue weighted by Crippen LogP contribution is -2.25. The Labute approximate surface area is 102 Å². The zero-order chi connectivity index (χ0) is 12.4. The van der Waals surface area contributed by atoms with Gasteiger partial charge in [-0.3, -0.25) is 4.79 Å². The van der Waals surface area contributed by atoms with Crippen molar-refractivity contribution in [2.24, 2.45) is 5.73 Å². The molecule has 0 aliphatic heterocycles. The molecule has 0 bridgehead atoms. The second-order valence-corrected chi connectivity index (χ2v) is 4.85. The molecule has 0 radical (unpaired) electrons. The lowest BCUT2D eigenvalue weighted by molar-refractivity contribution is -0.121. The SMILES string of the molecule is NC(=O)CC(O)C(O)c1ccc2sccc2c1. The summed E-state index contributed by atoms with van der Waals surface area (Å²) < 4.78 is 1.12. The van der Waals surface area contributed by atoms with Crippen molar-refractivity contribution in [3.8, 4) is 0 Å². The molecule has 1 amide bonds. The molecular formula is C12H13NO3S. The van der Waals surface area contributed by atoms with Gasteiger partial charge in [0.05, 0.1) is 12.5 Å². The van der Waals surface area contributed by atoms with Crippen molar-refractivity contribution in [3.63, 3.8) is 0 Å². The van der Waals surface area contributed by atoms with Crippen LogP contribution in [-0.2, 0) is 4.79 Å². The fourth-order valence-corrected chi connectivity index (χ4v) is 2.48. The maximum Gasteiger partial charge on any atom is 0.220 e. The number of primary amides is 1. The molecule has 2 atom stereocenters. The number of carbonyl (C=O) groups is 1. The van der Waals surface area contributed by atoms with E-state index in [2.05, 4.69) is 0 Å². The van der Waals surface area contributed by atoms with Crippen LogP contribution in [0.25, 0.3) is 10.1 Å². The summed E-state index contributed by atoms with van der Waals surface area (Å²) in [4.78, 5) is 10.7. The summed E-state index contributed by atoms with van der Waals surface area (Å²) in [6.45, 7) is 0. The fraction of sp³-hybridized carbons (Fsp3) is 0.250. The normalized spacial score (nSPS) is 14.7. The highest BCUT2D eigenvalue weighted by Gasteiger charge is 2.20. The molecule has 2 rings (SSSR count). The predicted molar refractivity (Wildman–Crippen MR) is 66.6 cm³/mol. The van der Waals surface area contributed by atoms with Gasteiger partial charge in [-0.25, -0.2) is 0 Å². The van der Waals surface area contributed by atoms with Gasteiger partial charge in [0.25, 0.3) is 0 Å². The van der Waals surface area contributed by atoms with Crippen LogP contribution in [0, 0.1) is 0 Å². The molecule has 1 aromatic carbocycles. The van der Waals surface area contributed by atoms with Crippen molar-refractivity contribution >= 4 is 27.3 Å². The lowest BCUT2D eigenvalue weighted by Gasteiger charge is -2.16. The largest absolute Gasteiger partial charge is 0.390 e. The third-order valence-electron chi connectivity index (χ3n) is 2.59. The number of hydrogen-bond acceptors (Lipinski definition) is 4. The molecule has 17 heavy (non-hydrogen) atoms. The predicted octanol–water partition coefficient (Wildman–Crippen LogP) is 1.17. The molecule has 4 nitrogen and oxygen atoms in total. The Bertz CT molecular complexity index is 537. The molecule has 1 aromatic heterocycles. The Kier molecular flexibility index (Phi) is 3.42. The van der Waals surface area contributed by atoms with E-state index in [9.17, 15) is 15.0 Å². The van der Waals surface area contributed by atoms with E-state index in [0.717, 1.165) is 10.1 Å². The van der Waals surface area contributed by atoms with Gasteiger partial charge in [0.15, 0.2) is 0 Å². The van der Waals surface area contributed by atoms with Crippen LogP contribution < -0.4 is 5.73 Å². The smallest absolute Gasteiger partial charge is 0.220 e. The molecule has 0 aliphatic rings. The molecule has 5 heteroatoms. The highest BCUT2D eigenvalue weighted by Crippen LogP contribution is 2.26. The number of aliphatic hydroxyl groups excluding tert-OH is 2. The van der Waals surface area contributed by atoms with Gasteiger partial charge in [-0.2, -0.15) is 0 Å². The van der Waals surface area contributed by atoms with E-state index in [1.54, 1.807) is 23.5 Å². The van der Waals surface area contributed by atoms with Crippen LogP contribution in [0.4, 0.5) is 0 Å².